The molecule has 1 unspecified atom stereocenters. The van der Waals surface area contributed by atoms with Gasteiger partial charge in [-0.3, -0.25) is 4.79 Å². The number of carbonyl (C=O) groups excluding carboxylic acids is 1. The van der Waals surface area contributed by atoms with Crippen molar-refractivity contribution in [3.8, 4) is 0 Å². The molecule has 2 rings (SSSR count). The highest BCUT2D eigenvalue weighted by Gasteiger charge is 2.21. The second-order valence-electron chi connectivity index (χ2n) is 7.27. The summed E-state index contributed by atoms with van der Waals surface area (Å²) in [6.45, 7) is 5.38. The molecule has 1 saturated carbocycles. The maximum atomic E-state index is 12.0. The van der Waals surface area contributed by atoms with E-state index in [0.29, 0.717) is 12.3 Å². The fraction of sp³-hybridized carbons (Fsp3) is 0.944. The number of rotatable bonds is 7. The van der Waals surface area contributed by atoms with Gasteiger partial charge in [0.05, 0.1) is 0 Å². The predicted molar refractivity (Wildman–Crippen MR) is 95.4 cm³/mol. The van der Waals surface area contributed by atoms with Crippen LogP contribution in [-0.4, -0.2) is 25.5 Å². The summed E-state index contributed by atoms with van der Waals surface area (Å²) in [4.78, 5) is 12.0. The van der Waals surface area contributed by atoms with E-state index in [2.05, 4.69) is 17.6 Å². The quantitative estimate of drug-likeness (QED) is 0.695. The Bertz CT molecular complexity index is 299. The Balaban J connectivity index is 0.00000242. The fourth-order valence-corrected chi connectivity index (χ4v) is 4.04. The van der Waals surface area contributed by atoms with E-state index in [-0.39, 0.29) is 18.3 Å². The zero-order chi connectivity index (χ0) is 14.9. The lowest BCUT2D eigenvalue weighted by Crippen LogP contribution is -2.33. The van der Waals surface area contributed by atoms with E-state index < -0.39 is 0 Å². The first-order valence-electron chi connectivity index (χ1n) is 9.23. The summed E-state index contributed by atoms with van der Waals surface area (Å²) in [5.41, 5.74) is 0. The summed E-state index contributed by atoms with van der Waals surface area (Å²) in [5, 5.41) is 6.53. The molecule has 2 fully saturated rings. The summed E-state index contributed by atoms with van der Waals surface area (Å²) in [5.74, 6) is 2.47. The molecule has 0 spiro atoms. The van der Waals surface area contributed by atoms with Gasteiger partial charge in [-0.2, -0.15) is 0 Å². The largest absolute Gasteiger partial charge is 0.356 e. The van der Waals surface area contributed by atoms with Crippen LogP contribution in [0, 0.1) is 17.8 Å². The smallest absolute Gasteiger partial charge is 0.220 e. The van der Waals surface area contributed by atoms with Crippen LogP contribution in [0.3, 0.4) is 0 Å². The molecular formula is C18H35ClN2O. The summed E-state index contributed by atoms with van der Waals surface area (Å²) < 4.78 is 0. The highest BCUT2D eigenvalue weighted by Crippen LogP contribution is 2.27. The van der Waals surface area contributed by atoms with Crippen molar-refractivity contribution in [2.24, 2.45) is 17.8 Å². The third-order valence-electron chi connectivity index (χ3n) is 5.53. The van der Waals surface area contributed by atoms with Crippen molar-refractivity contribution < 1.29 is 4.79 Å². The minimum atomic E-state index is 0. The van der Waals surface area contributed by atoms with Crippen molar-refractivity contribution in [1.29, 1.82) is 0 Å². The molecule has 130 valence electrons. The lowest BCUT2D eigenvalue weighted by atomic mass is 9.84. The van der Waals surface area contributed by atoms with E-state index in [0.717, 1.165) is 37.9 Å². The number of halogens is 1. The van der Waals surface area contributed by atoms with E-state index in [1.807, 2.05) is 0 Å². The molecule has 0 aromatic rings. The summed E-state index contributed by atoms with van der Waals surface area (Å²) in [6.07, 6.45) is 12.8. The van der Waals surface area contributed by atoms with Gasteiger partial charge in [0, 0.05) is 13.0 Å². The van der Waals surface area contributed by atoms with Gasteiger partial charge in [-0.15, -0.1) is 12.4 Å². The Labute approximate surface area is 142 Å². The van der Waals surface area contributed by atoms with Crippen LogP contribution >= 0.6 is 12.4 Å². The molecule has 1 amide bonds. The van der Waals surface area contributed by atoms with Crippen molar-refractivity contribution in [2.45, 2.75) is 71.1 Å². The van der Waals surface area contributed by atoms with Gasteiger partial charge in [0.2, 0.25) is 5.91 Å². The first-order chi connectivity index (χ1) is 10.3. The Kier molecular flexibility index (Phi) is 10.1. The molecule has 1 aliphatic heterocycles. The van der Waals surface area contributed by atoms with Crippen molar-refractivity contribution >= 4 is 18.3 Å². The number of hydrogen-bond donors (Lipinski definition) is 2. The fourth-order valence-electron chi connectivity index (χ4n) is 4.04. The summed E-state index contributed by atoms with van der Waals surface area (Å²) in [6, 6.07) is 0. The molecule has 2 aliphatic rings. The molecule has 0 bridgehead atoms. The Morgan fingerprint density at radius 1 is 1.14 bits per heavy atom. The predicted octanol–water partition coefficient (Wildman–Crippen LogP) is 3.91. The van der Waals surface area contributed by atoms with Gasteiger partial charge < -0.3 is 10.6 Å². The van der Waals surface area contributed by atoms with Crippen LogP contribution in [0.5, 0.6) is 0 Å². The molecule has 22 heavy (non-hydrogen) atoms. The van der Waals surface area contributed by atoms with Crippen LogP contribution in [0.25, 0.3) is 0 Å². The number of amides is 1. The van der Waals surface area contributed by atoms with Crippen molar-refractivity contribution in [3.63, 3.8) is 0 Å². The average Bonchev–Trinajstić information content (AvgIpc) is 2.53. The van der Waals surface area contributed by atoms with Crippen molar-refractivity contribution in [2.75, 3.05) is 19.6 Å². The minimum absolute atomic E-state index is 0. The topological polar surface area (TPSA) is 41.1 Å². The SMILES string of the molecule is CC(CC(=O)NCCCC1CCCCC1)C1CCNCC1.Cl. The van der Waals surface area contributed by atoms with E-state index >= 15 is 0 Å². The molecule has 0 radical (unpaired) electrons. The summed E-state index contributed by atoms with van der Waals surface area (Å²) >= 11 is 0. The van der Waals surface area contributed by atoms with E-state index in [1.165, 1.54) is 51.4 Å². The molecule has 0 aromatic carbocycles. The van der Waals surface area contributed by atoms with Gasteiger partial charge in [-0.05, 0) is 56.5 Å². The van der Waals surface area contributed by atoms with Gasteiger partial charge in [0.25, 0.3) is 0 Å². The van der Waals surface area contributed by atoms with Crippen LogP contribution in [-0.2, 0) is 4.79 Å². The Morgan fingerprint density at radius 3 is 2.50 bits per heavy atom. The van der Waals surface area contributed by atoms with Gasteiger partial charge in [-0.25, -0.2) is 0 Å². The second-order valence-corrected chi connectivity index (χ2v) is 7.27. The minimum Gasteiger partial charge on any atom is -0.356 e. The third-order valence-corrected chi connectivity index (χ3v) is 5.53. The molecule has 3 nitrogen and oxygen atoms in total. The van der Waals surface area contributed by atoms with Gasteiger partial charge in [-0.1, -0.05) is 39.0 Å². The van der Waals surface area contributed by atoms with Gasteiger partial charge >= 0.3 is 0 Å². The lowest BCUT2D eigenvalue weighted by Gasteiger charge is -2.28. The maximum Gasteiger partial charge on any atom is 0.220 e. The molecule has 1 saturated heterocycles. The Morgan fingerprint density at radius 2 is 1.82 bits per heavy atom. The van der Waals surface area contributed by atoms with Gasteiger partial charge in [0.15, 0.2) is 0 Å². The highest BCUT2D eigenvalue weighted by atomic mass is 35.5. The molecule has 2 N–H and O–H groups in total. The monoisotopic (exact) mass is 330 g/mol. The Hall–Kier alpha value is -0.280. The highest BCUT2D eigenvalue weighted by molar-refractivity contribution is 5.85. The molecule has 1 atom stereocenters. The first-order valence-corrected chi connectivity index (χ1v) is 9.23. The first kappa shape index (κ1) is 19.8. The molecule has 0 aromatic heterocycles. The van der Waals surface area contributed by atoms with Crippen LogP contribution in [0.2, 0.25) is 0 Å². The molecule has 1 aliphatic carbocycles. The van der Waals surface area contributed by atoms with E-state index in [1.54, 1.807) is 0 Å². The average molecular weight is 331 g/mol. The van der Waals surface area contributed by atoms with Crippen molar-refractivity contribution in [1.82, 2.24) is 10.6 Å². The maximum absolute atomic E-state index is 12.0. The standard InChI is InChI=1S/C18H34N2O.ClH/c1-15(17-9-12-19-13-10-17)14-18(21)20-11-5-8-16-6-3-2-4-7-16;/h15-17,19H,2-14H2,1H3,(H,20,21);1H. The molecular weight excluding hydrogens is 296 g/mol. The number of carbonyl (C=O) groups is 1. The van der Waals surface area contributed by atoms with Crippen LogP contribution in [0.15, 0.2) is 0 Å². The number of piperidine rings is 1. The van der Waals surface area contributed by atoms with Crippen molar-refractivity contribution in [3.05, 3.63) is 0 Å². The van der Waals surface area contributed by atoms with Crippen LogP contribution in [0.4, 0.5) is 0 Å². The zero-order valence-corrected chi connectivity index (χ0v) is 15.1. The second kappa shape index (κ2) is 11.3. The normalized spacial score (nSPS) is 21.9. The lowest BCUT2D eigenvalue weighted by molar-refractivity contribution is -0.122. The van der Waals surface area contributed by atoms with Crippen LogP contribution < -0.4 is 10.6 Å². The van der Waals surface area contributed by atoms with E-state index in [4.69, 9.17) is 0 Å². The summed E-state index contributed by atoms with van der Waals surface area (Å²) in [7, 11) is 0. The molecule has 4 heteroatoms. The third kappa shape index (κ3) is 7.32. The van der Waals surface area contributed by atoms with Gasteiger partial charge in [0.1, 0.15) is 0 Å². The number of hydrogen-bond acceptors (Lipinski definition) is 2. The number of nitrogens with one attached hydrogen (secondary N) is 2. The van der Waals surface area contributed by atoms with E-state index in [9.17, 15) is 4.79 Å². The van der Waals surface area contributed by atoms with Crippen LogP contribution in [0.1, 0.15) is 71.1 Å². The zero-order valence-electron chi connectivity index (χ0n) is 14.2. The molecule has 1 heterocycles.